The van der Waals surface area contributed by atoms with Gasteiger partial charge in [-0.25, -0.2) is 0 Å². The van der Waals surface area contributed by atoms with Crippen molar-refractivity contribution >= 4 is 17.5 Å². The van der Waals surface area contributed by atoms with Crippen LogP contribution >= 0.6 is 0 Å². The van der Waals surface area contributed by atoms with Crippen LogP contribution in [0.2, 0.25) is 0 Å². The first-order valence-corrected chi connectivity index (χ1v) is 8.59. The summed E-state index contributed by atoms with van der Waals surface area (Å²) in [6, 6.07) is 7.82. The fraction of sp³-hybridized carbons (Fsp3) is 0.474. The zero-order chi connectivity index (χ0) is 17.5. The van der Waals surface area contributed by atoms with Gasteiger partial charge < -0.3 is 11.1 Å². The maximum absolute atomic E-state index is 12.2. The minimum atomic E-state index is -0.221. The van der Waals surface area contributed by atoms with Crippen LogP contribution < -0.4 is 11.1 Å². The molecule has 0 unspecified atom stereocenters. The lowest BCUT2D eigenvalue weighted by Gasteiger charge is -2.31. The van der Waals surface area contributed by atoms with Gasteiger partial charge in [0.25, 0.3) is 5.91 Å². The first-order chi connectivity index (χ1) is 11.5. The fourth-order valence-corrected chi connectivity index (χ4v) is 3.07. The van der Waals surface area contributed by atoms with Gasteiger partial charge in [0.1, 0.15) is 0 Å². The lowest BCUT2D eigenvalue weighted by atomic mass is 9.97. The van der Waals surface area contributed by atoms with Gasteiger partial charge in [0.15, 0.2) is 0 Å². The smallest absolute Gasteiger partial charge is 0.250 e. The second-order valence-corrected chi connectivity index (χ2v) is 6.38. The molecule has 2 amide bonds. The molecule has 1 aromatic carbocycles. The van der Waals surface area contributed by atoms with E-state index in [9.17, 15) is 9.59 Å². The summed E-state index contributed by atoms with van der Waals surface area (Å²) < 4.78 is 0. The SMILES string of the molecule is CC/C=C(\C)C(=O)Nc1ccccc1CN1CCC[C@H](C(N)=O)C1. The molecule has 0 spiro atoms. The van der Waals surface area contributed by atoms with E-state index < -0.39 is 0 Å². The van der Waals surface area contributed by atoms with Gasteiger partial charge in [0, 0.05) is 24.4 Å². The zero-order valence-electron chi connectivity index (χ0n) is 14.5. The molecule has 5 nitrogen and oxygen atoms in total. The molecule has 1 saturated heterocycles. The van der Waals surface area contributed by atoms with Crippen LogP contribution in [0.1, 0.15) is 38.7 Å². The molecule has 3 N–H and O–H groups in total. The van der Waals surface area contributed by atoms with Gasteiger partial charge in [-0.15, -0.1) is 0 Å². The van der Waals surface area contributed by atoms with Crippen LogP contribution in [0.5, 0.6) is 0 Å². The van der Waals surface area contributed by atoms with Crippen LogP contribution in [0.15, 0.2) is 35.9 Å². The summed E-state index contributed by atoms with van der Waals surface area (Å²) in [7, 11) is 0. The number of likely N-dealkylation sites (tertiary alicyclic amines) is 1. The van der Waals surface area contributed by atoms with Crippen molar-refractivity contribution < 1.29 is 9.59 Å². The second kappa shape index (κ2) is 8.64. The first kappa shape index (κ1) is 18.2. The summed E-state index contributed by atoms with van der Waals surface area (Å²) in [4.78, 5) is 25.9. The van der Waals surface area contributed by atoms with Crippen molar-refractivity contribution in [1.82, 2.24) is 4.90 Å². The number of nitrogens with one attached hydrogen (secondary N) is 1. The van der Waals surface area contributed by atoms with Gasteiger partial charge in [0.2, 0.25) is 5.91 Å². The van der Waals surface area contributed by atoms with Crippen LogP contribution in [-0.4, -0.2) is 29.8 Å². The number of para-hydroxylation sites is 1. The monoisotopic (exact) mass is 329 g/mol. The quantitative estimate of drug-likeness (QED) is 0.788. The molecule has 0 aliphatic carbocycles. The van der Waals surface area contributed by atoms with Crippen molar-refractivity contribution in [3.8, 4) is 0 Å². The number of carbonyl (C=O) groups excluding carboxylic acids is 2. The fourth-order valence-electron chi connectivity index (χ4n) is 3.07. The Morgan fingerprint density at radius 1 is 1.38 bits per heavy atom. The van der Waals surface area contributed by atoms with E-state index in [2.05, 4.69) is 10.2 Å². The first-order valence-electron chi connectivity index (χ1n) is 8.59. The van der Waals surface area contributed by atoms with E-state index >= 15 is 0 Å². The Kier molecular flexibility index (Phi) is 6.55. The third-order valence-corrected chi connectivity index (χ3v) is 4.44. The molecule has 1 aromatic rings. The van der Waals surface area contributed by atoms with E-state index in [1.807, 2.05) is 44.2 Å². The number of rotatable bonds is 6. The number of benzene rings is 1. The number of carbonyl (C=O) groups is 2. The summed E-state index contributed by atoms with van der Waals surface area (Å²) in [6.45, 7) is 6.17. The standard InChI is InChI=1S/C19H27N3O2/c1-3-7-14(2)19(24)21-17-10-5-4-8-15(17)12-22-11-6-9-16(13-22)18(20)23/h4-5,7-8,10,16H,3,6,9,11-13H2,1-2H3,(H2,20,23)(H,21,24)/b14-7+/t16-/m0/s1. The average Bonchev–Trinajstić information content (AvgIpc) is 2.57. The van der Waals surface area contributed by atoms with Gasteiger partial charge in [-0.3, -0.25) is 14.5 Å². The number of hydrogen-bond acceptors (Lipinski definition) is 3. The maximum Gasteiger partial charge on any atom is 0.250 e. The number of amides is 2. The van der Waals surface area contributed by atoms with E-state index in [1.165, 1.54) is 0 Å². The normalized spacial score (nSPS) is 19.1. The summed E-state index contributed by atoms with van der Waals surface area (Å²) in [5, 5.41) is 2.99. The van der Waals surface area contributed by atoms with Crippen LogP contribution in [-0.2, 0) is 16.1 Å². The number of allylic oxidation sites excluding steroid dienone is 1. The molecule has 130 valence electrons. The lowest BCUT2D eigenvalue weighted by molar-refractivity contribution is -0.123. The zero-order valence-corrected chi connectivity index (χ0v) is 14.5. The number of anilines is 1. The molecule has 0 bridgehead atoms. The van der Waals surface area contributed by atoms with Crippen LogP contribution in [0.4, 0.5) is 5.69 Å². The van der Waals surface area contributed by atoms with Gasteiger partial charge in [0.05, 0.1) is 5.92 Å². The number of primary amides is 1. The Morgan fingerprint density at radius 2 is 2.12 bits per heavy atom. The van der Waals surface area contributed by atoms with Crippen molar-refractivity contribution in [2.45, 2.75) is 39.7 Å². The Morgan fingerprint density at radius 3 is 2.83 bits per heavy atom. The Balaban J connectivity index is 2.07. The molecule has 0 radical (unpaired) electrons. The van der Waals surface area contributed by atoms with E-state index in [4.69, 9.17) is 5.73 Å². The van der Waals surface area contributed by atoms with Crippen molar-refractivity contribution in [2.75, 3.05) is 18.4 Å². The van der Waals surface area contributed by atoms with Gasteiger partial charge >= 0.3 is 0 Å². The molecule has 24 heavy (non-hydrogen) atoms. The van der Waals surface area contributed by atoms with Crippen molar-refractivity contribution in [1.29, 1.82) is 0 Å². The van der Waals surface area contributed by atoms with Crippen molar-refractivity contribution in [3.63, 3.8) is 0 Å². The van der Waals surface area contributed by atoms with Crippen LogP contribution in [0.25, 0.3) is 0 Å². The second-order valence-electron chi connectivity index (χ2n) is 6.38. The van der Waals surface area contributed by atoms with Gasteiger partial charge in [-0.05, 0) is 44.4 Å². The predicted molar refractivity (Wildman–Crippen MR) is 96.3 cm³/mol. The molecule has 5 heteroatoms. The topological polar surface area (TPSA) is 75.4 Å². The van der Waals surface area contributed by atoms with E-state index in [-0.39, 0.29) is 17.7 Å². The van der Waals surface area contributed by atoms with Crippen molar-refractivity contribution in [2.24, 2.45) is 11.7 Å². The van der Waals surface area contributed by atoms with Gasteiger partial charge in [-0.2, -0.15) is 0 Å². The summed E-state index contributed by atoms with van der Waals surface area (Å²) in [5.41, 5.74) is 8.06. The molecule has 2 rings (SSSR count). The Bertz CT molecular complexity index is 625. The molecular weight excluding hydrogens is 302 g/mol. The molecular formula is C19H27N3O2. The van der Waals surface area contributed by atoms with Gasteiger partial charge in [-0.1, -0.05) is 31.2 Å². The third kappa shape index (κ3) is 4.93. The molecule has 1 fully saturated rings. The number of piperidine rings is 1. The maximum atomic E-state index is 12.2. The van der Waals surface area contributed by atoms with Crippen LogP contribution in [0, 0.1) is 5.92 Å². The number of nitrogens with zero attached hydrogens (tertiary/aromatic N) is 1. The van der Waals surface area contributed by atoms with Crippen molar-refractivity contribution in [3.05, 3.63) is 41.5 Å². The predicted octanol–water partition coefficient (Wildman–Crippen LogP) is 2.68. The molecule has 0 saturated carbocycles. The number of hydrogen-bond donors (Lipinski definition) is 2. The summed E-state index contributed by atoms with van der Waals surface area (Å²) in [5.74, 6) is -0.366. The highest BCUT2D eigenvalue weighted by Gasteiger charge is 2.24. The third-order valence-electron chi connectivity index (χ3n) is 4.44. The Labute approximate surface area is 143 Å². The summed E-state index contributed by atoms with van der Waals surface area (Å²) in [6.07, 6.45) is 4.59. The summed E-state index contributed by atoms with van der Waals surface area (Å²) >= 11 is 0. The molecule has 1 heterocycles. The molecule has 1 aliphatic heterocycles. The van der Waals surface area contributed by atoms with E-state index in [0.29, 0.717) is 13.1 Å². The average molecular weight is 329 g/mol. The highest BCUT2D eigenvalue weighted by atomic mass is 16.2. The lowest BCUT2D eigenvalue weighted by Crippen LogP contribution is -2.40. The minimum absolute atomic E-state index is 0.0713. The minimum Gasteiger partial charge on any atom is -0.369 e. The van der Waals surface area contributed by atoms with E-state index in [1.54, 1.807) is 0 Å². The van der Waals surface area contributed by atoms with Crippen LogP contribution in [0.3, 0.4) is 0 Å². The Hall–Kier alpha value is -2.14. The van der Waals surface area contributed by atoms with E-state index in [0.717, 1.165) is 42.6 Å². The molecule has 1 aliphatic rings. The molecule has 1 atom stereocenters. The highest BCUT2D eigenvalue weighted by Crippen LogP contribution is 2.22. The number of nitrogens with two attached hydrogens (primary N) is 1. The largest absolute Gasteiger partial charge is 0.369 e. The molecule has 0 aromatic heterocycles. The highest BCUT2D eigenvalue weighted by molar-refractivity contribution is 6.03.